The normalized spacial score (nSPS) is 10.2. The number of hydrogen-bond donors (Lipinski definition) is 2. The van der Waals surface area contributed by atoms with Gasteiger partial charge in [-0.05, 0) is 11.1 Å². The summed E-state index contributed by atoms with van der Waals surface area (Å²) in [4.78, 5) is 0. The minimum atomic E-state index is 0.725. The van der Waals surface area contributed by atoms with Crippen LogP contribution in [0.4, 0.5) is 5.69 Å². The van der Waals surface area contributed by atoms with Crippen molar-refractivity contribution in [1.82, 2.24) is 5.32 Å². The molecule has 0 aliphatic carbocycles. The molecule has 16 heavy (non-hydrogen) atoms. The predicted molar refractivity (Wildman–Crippen MR) is 66.7 cm³/mol. The summed E-state index contributed by atoms with van der Waals surface area (Å²) in [6.07, 6.45) is 0. The molecule has 0 amide bonds. The van der Waals surface area contributed by atoms with Crippen LogP contribution in [0, 0.1) is 6.07 Å². The minimum absolute atomic E-state index is 0.725. The van der Waals surface area contributed by atoms with Gasteiger partial charge in [-0.2, -0.15) is 0 Å². The van der Waals surface area contributed by atoms with Gasteiger partial charge in [-0.3, -0.25) is 0 Å². The zero-order chi connectivity index (χ0) is 11.2. The summed E-state index contributed by atoms with van der Waals surface area (Å²) in [5.74, 6) is 0. The average Bonchev–Trinajstić information content (AvgIpc) is 2.33. The Morgan fingerprint density at radius 2 is 1.81 bits per heavy atom. The lowest BCUT2D eigenvalue weighted by atomic mass is 10.1. The van der Waals surface area contributed by atoms with Crippen LogP contribution in [0.5, 0.6) is 0 Å². The van der Waals surface area contributed by atoms with Crippen LogP contribution in [-0.2, 0) is 13.1 Å². The third kappa shape index (κ3) is 2.84. The summed E-state index contributed by atoms with van der Waals surface area (Å²) in [7, 11) is 0. The lowest BCUT2D eigenvalue weighted by Crippen LogP contribution is -2.13. The Morgan fingerprint density at radius 3 is 2.56 bits per heavy atom. The highest BCUT2D eigenvalue weighted by Crippen LogP contribution is 2.09. The molecule has 2 rings (SSSR count). The second kappa shape index (κ2) is 5.33. The molecule has 0 saturated heterocycles. The van der Waals surface area contributed by atoms with E-state index in [1.807, 2.05) is 36.4 Å². The van der Waals surface area contributed by atoms with Crippen molar-refractivity contribution >= 4 is 5.69 Å². The van der Waals surface area contributed by atoms with E-state index in [2.05, 4.69) is 23.5 Å². The fraction of sp³-hybridized carbons (Fsp3) is 0.143. The fourth-order valence-corrected chi connectivity index (χ4v) is 1.58. The predicted octanol–water partition coefficient (Wildman–Crippen LogP) is 2.36. The molecule has 0 heterocycles. The Labute approximate surface area is 96.1 Å². The van der Waals surface area contributed by atoms with Gasteiger partial charge in [0, 0.05) is 24.8 Å². The molecule has 3 N–H and O–H groups in total. The Hall–Kier alpha value is -1.80. The van der Waals surface area contributed by atoms with Crippen molar-refractivity contribution in [2.45, 2.75) is 13.1 Å². The Morgan fingerprint density at radius 1 is 1.00 bits per heavy atom. The lowest BCUT2D eigenvalue weighted by molar-refractivity contribution is 0.694. The number of anilines is 1. The smallest absolute Gasteiger partial charge is 0.0440 e. The summed E-state index contributed by atoms with van der Waals surface area (Å²) in [5.41, 5.74) is 8.90. The Kier molecular flexibility index (Phi) is 3.57. The van der Waals surface area contributed by atoms with Crippen molar-refractivity contribution in [3.05, 3.63) is 65.7 Å². The van der Waals surface area contributed by atoms with Gasteiger partial charge >= 0.3 is 0 Å². The van der Waals surface area contributed by atoms with Gasteiger partial charge in [-0.1, -0.05) is 48.5 Å². The third-order valence-electron chi connectivity index (χ3n) is 2.47. The van der Waals surface area contributed by atoms with Crippen LogP contribution < -0.4 is 11.1 Å². The molecule has 0 aliphatic heterocycles. The maximum Gasteiger partial charge on any atom is 0.0440 e. The summed E-state index contributed by atoms with van der Waals surface area (Å²) in [6.45, 7) is 1.63. The highest BCUT2D eigenvalue weighted by Gasteiger charge is 1.97. The molecule has 2 aromatic carbocycles. The highest BCUT2D eigenvalue weighted by molar-refractivity contribution is 5.45. The molecule has 0 unspecified atom stereocenters. The van der Waals surface area contributed by atoms with Crippen LogP contribution in [0.3, 0.4) is 0 Å². The first-order valence-electron chi connectivity index (χ1n) is 5.36. The second-order valence-electron chi connectivity index (χ2n) is 3.70. The average molecular weight is 211 g/mol. The molecule has 81 valence electrons. The van der Waals surface area contributed by atoms with E-state index in [-0.39, 0.29) is 0 Å². The van der Waals surface area contributed by atoms with Crippen LogP contribution in [0.15, 0.2) is 48.5 Å². The van der Waals surface area contributed by atoms with E-state index in [1.54, 1.807) is 0 Å². The highest BCUT2D eigenvalue weighted by atomic mass is 14.9. The standard InChI is InChI=1S/C14H15N2/c15-14-9-5-4-8-13(14)11-16-10-12-6-2-1-3-7-12/h1-8,16H,10-11,15H2. The number of rotatable bonds is 4. The molecule has 0 fully saturated rings. The number of nitrogen functional groups attached to an aromatic ring is 1. The Balaban J connectivity index is 1.87. The summed E-state index contributed by atoms with van der Waals surface area (Å²) < 4.78 is 0. The molecule has 0 bridgehead atoms. The lowest BCUT2D eigenvalue weighted by Gasteiger charge is -2.07. The molecule has 0 aliphatic rings. The summed E-state index contributed by atoms with van der Waals surface area (Å²) >= 11 is 0. The number of hydrogen-bond acceptors (Lipinski definition) is 2. The molecule has 0 aromatic heterocycles. The van der Waals surface area contributed by atoms with Crippen LogP contribution >= 0.6 is 0 Å². The first-order chi connectivity index (χ1) is 7.86. The van der Waals surface area contributed by atoms with Crippen molar-refractivity contribution in [3.63, 3.8) is 0 Å². The van der Waals surface area contributed by atoms with E-state index in [0.717, 1.165) is 24.3 Å². The first kappa shape index (κ1) is 10.7. The van der Waals surface area contributed by atoms with Crippen molar-refractivity contribution < 1.29 is 0 Å². The number of benzene rings is 2. The quantitative estimate of drug-likeness (QED) is 0.762. The van der Waals surface area contributed by atoms with E-state index >= 15 is 0 Å². The number of nitrogens with two attached hydrogens (primary N) is 1. The minimum Gasteiger partial charge on any atom is -0.398 e. The van der Waals surface area contributed by atoms with Gasteiger partial charge in [0.25, 0.3) is 0 Å². The van der Waals surface area contributed by atoms with E-state index in [4.69, 9.17) is 5.73 Å². The molecule has 0 spiro atoms. The van der Waals surface area contributed by atoms with Crippen molar-refractivity contribution in [1.29, 1.82) is 0 Å². The van der Waals surface area contributed by atoms with Crippen LogP contribution in [0.25, 0.3) is 0 Å². The molecule has 2 heteroatoms. The molecule has 2 nitrogen and oxygen atoms in total. The van der Waals surface area contributed by atoms with Crippen LogP contribution in [0.2, 0.25) is 0 Å². The van der Waals surface area contributed by atoms with Crippen molar-refractivity contribution in [2.24, 2.45) is 0 Å². The van der Waals surface area contributed by atoms with Gasteiger partial charge in [-0.15, -0.1) is 0 Å². The molecule has 0 atom stereocenters. The zero-order valence-electron chi connectivity index (χ0n) is 9.11. The molecular weight excluding hydrogens is 196 g/mol. The van der Waals surface area contributed by atoms with Gasteiger partial charge in [-0.25, -0.2) is 0 Å². The van der Waals surface area contributed by atoms with E-state index in [0.29, 0.717) is 0 Å². The van der Waals surface area contributed by atoms with Crippen LogP contribution in [-0.4, -0.2) is 0 Å². The fourth-order valence-electron chi connectivity index (χ4n) is 1.58. The summed E-state index contributed by atoms with van der Waals surface area (Å²) in [6, 6.07) is 19.1. The first-order valence-corrected chi connectivity index (χ1v) is 5.36. The largest absolute Gasteiger partial charge is 0.398 e. The van der Waals surface area contributed by atoms with E-state index < -0.39 is 0 Å². The monoisotopic (exact) mass is 211 g/mol. The maximum atomic E-state index is 5.80. The van der Waals surface area contributed by atoms with Gasteiger partial charge in [0.15, 0.2) is 0 Å². The van der Waals surface area contributed by atoms with Gasteiger partial charge < -0.3 is 11.1 Å². The molecule has 2 aromatic rings. The number of para-hydroxylation sites is 1. The Bertz CT molecular complexity index is 437. The van der Waals surface area contributed by atoms with Gasteiger partial charge in [0.05, 0.1) is 0 Å². The third-order valence-corrected chi connectivity index (χ3v) is 2.47. The zero-order valence-corrected chi connectivity index (χ0v) is 9.11. The maximum absolute atomic E-state index is 5.80. The van der Waals surface area contributed by atoms with Crippen molar-refractivity contribution in [3.8, 4) is 0 Å². The van der Waals surface area contributed by atoms with E-state index in [1.165, 1.54) is 5.56 Å². The SMILES string of the molecule is Nc1[c]cccc1CNCc1ccccc1. The van der Waals surface area contributed by atoms with Gasteiger partial charge in [0.2, 0.25) is 0 Å². The molecule has 0 saturated carbocycles. The topological polar surface area (TPSA) is 38.0 Å². The van der Waals surface area contributed by atoms with Crippen molar-refractivity contribution in [2.75, 3.05) is 5.73 Å². The second-order valence-corrected chi connectivity index (χ2v) is 3.70. The van der Waals surface area contributed by atoms with E-state index in [9.17, 15) is 0 Å². The van der Waals surface area contributed by atoms with Crippen LogP contribution in [0.1, 0.15) is 11.1 Å². The van der Waals surface area contributed by atoms with Gasteiger partial charge in [0.1, 0.15) is 0 Å². The number of nitrogens with one attached hydrogen (secondary N) is 1. The summed E-state index contributed by atoms with van der Waals surface area (Å²) in [5, 5.41) is 3.36. The molecular formula is C14H15N2. The molecule has 1 radical (unpaired) electrons.